The van der Waals surface area contributed by atoms with Crippen LogP contribution in [0.3, 0.4) is 0 Å². The van der Waals surface area contributed by atoms with Crippen LogP contribution >= 0.6 is 31.9 Å². The van der Waals surface area contributed by atoms with E-state index >= 15 is 0 Å². The number of ketones is 1. The minimum atomic E-state index is 0.0664. The predicted octanol–water partition coefficient (Wildman–Crippen LogP) is 4.09. The van der Waals surface area contributed by atoms with Gasteiger partial charge < -0.3 is 0 Å². The second-order valence-electron chi connectivity index (χ2n) is 3.74. The van der Waals surface area contributed by atoms with Crippen molar-refractivity contribution in [2.45, 2.75) is 0 Å². The monoisotopic (exact) mass is 336 g/mol. The van der Waals surface area contributed by atoms with Crippen molar-refractivity contribution in [3.05, 3.63) is 56.0 Å². The Morgan fingerprint density at radius 2 is 1.75 bits per heavy atom. The summed E-state index contributed by atoms with van der Waals surface area (Å²) in [6.45, 7) is 0. The van der Waals surface area contributed by atoms with Crippen LogP contribution in [0.25, 0.3) is 11.6 Å². The number of carbonyl (C=O) groups is 1. The second-order valence-corrected chi connectivity index (χ2v) is 5.57. The first-order chi connectivity index (χ1) is 7.65. The van der Waals surface area contributed by atoms with Crippen molar-refractivity contribution in [1.82, 2.24) is 0 Å². The fourth-order valence-electron chi connectivity index (χ4n) is 2.01. The molecular weight excluding hydrogens is 332 g/mol. The van der Waals surface area contributed by atoms with Crippen LogP contribution in [-0.4, -0.2) is 5.78 Å². The van der Waals surface area contributed by atoms with Gasteiger partial charge in [-0.3, -0.25) is 4.79 Å². The number of allylic oxidation sites excluding steroid dienone is 5. The van der Waals surface area contributed by atoms with E-state index < -0.39 is 0 Å². The van der Waals surface area contributed by atoms with Crippen molar-refractivity contribution < 1.29 is 4.79 Å². The Morgan fingerprint density at radius 1 is 0.938 bits per heavy atom. The van der Waals surface area contributed by atoms with E-state index in [2.05, 4.69) is 31.9 Å². The lowest BCUT2D eigenvalue weighted by Crippen LogP contribution is -2.02. The Labute approximate surface area is 110 Å². The Morgan fingerprint density at radius 3 is 2.56 bits per heavy atom. The van der Waals surface area contributed by atoms with Gasteiger partial charge in [-0.15, -0.1) is 0 Å². The lowest BCUT2D eigenvalue weighted by molar-refractivity contribution is -0.110. The third kappa shape index (κ3) is 1.46. The molecule has 0 aliphatic heterocycles. The third-order valence-electron chi connectivity index (χ3n) is 2.71. The molecule has 0 saturated heterocycles. The summed E-state index contributed by atoms with van der Waals surface area (Å²) in [4.78, 5) is 11.8. The molecule has 0 saturated carbocycles. The molecule has 1 nitrogen and oxygen atoms in total. The van der Waals surface area contributed by atoms with E-state index in [-0.39, 0.29) is 5.78 Å². The molecule has 2 aliphatic rings. The molecule has 0 aromatic heterocycles. The minimum absolute atomic E-state index is 0.0664. The van der Waals surface area contributed by atoms with E-state index in [1.807, 2.05) is 30.4 Å². The largest absolute Gasteiger partial charge is 0.289 e. The van der Waals surface area contributed by atoms with Gasteiger partial charge in [0.1, 0.15) is 0 Å². The number of rotatable bonds is 0. The van der Waals surface area contributed by atoms with Gasteiger partial charge in [-0.25, -0.2) is 0 Å². The number of halogens is 2. The van der Waals surface area contributed by atoms with E-state index in [1.54, 1.807) is 6.08 Å². The first-order valence-electron chi connectivity index (χ1n) is 4.80. The highest BCUT2D eigenvalue weighted by atomic mass is 79.9. The quantitative estimate of drug-likeness (QED) is 0.696. The molecule has 0 bridgehead atoms. The van der Waals surface area contributed by atoms with E-state index in [0.717, 1.165) is 31.2 Å². The van der Waals surface area contributed by atoms with Crippen LogP contribution < -0.4 is 0 Å². The molecule has 0 fully saturated rings. The molecule has 0 spiro atoms. The predicted molar refractivity (Wildman–Crippen MR) is 72.1 cm³/mol. The molecule has 3 heteroatoms. The van der Waals surface area contributed by atoms with Crippen LogP contribution in [-0.2, 0) is 4.79 Å². The molecule has 0 unspecified atom stereocenters. The summed E-state index contributed by atoms with van der Waals surface area (Å²) in [6.07, 6.45) is 5.55. The Balaban J connectivity index is 2.26. The van der Waals surface area contributed by atoms with Gasteiger partial charge in [0.15, 0.2) is 5.78 Å². The van der Waals surface area contributed by atoms with Crippen LogP contribution in [0.4, 0.5) is 0 Å². The van der Waals surface area contributed by atoms with Crippen molar-refractivity contribution >= 4 is 49.3 Å². The molecule has 0 amide bonds. The SMILES string of the molecule is O=C1C=C(Br)C=C2C1=Cc1ccc(Br)cc12. The van der Waals surface area contributed by atoms with Gasteiger partial charge in [0.2, 0.25) is 0 Å². The number of hydrogen-bond acceptors (Lipinski definition) is 1. The van der Waals surface area contributed by atoms with Crippen LogP contribution in [0, 0.1) is 0 Å². The van der Waals surface area contributed by atoms with Gasteiger partial charge in [0, 0.05) is 20.6 Å². The van der Waals surface area contributed by atoms with Crippen molar-refractivity contribution in [2.24, 2.45) is 0 Å². The summed E-state index contributed by atoms with van der Waals surface area (Å²) in [7, 11) is 0. The highest BCUT2D eigenvalue weighted by Gasteiger charge is 2.25. The van der Waals surface area contributed by atoms with Crippen molar-refractivity contribution in [3.8, 4) is 0 Å². The van der Waals surface area contributed by atoms with Gasteiger partial charge in [-0.1, -0.05) is 37.9 Å². The van der Waals surface area contributed by atoms with Crippen molar-refractivity contribution in [2.75, 3.05) is 0 Å². The van der Waals surface area contributed by atoms with Crippen molar-refractivity contribution in [3.63, 3.8) is 0 Å². The summed E-state index contributed by atoms with van der Waals surface area (Å²) < 4.78 is 1.86. The summed E-state index contributed by atoms with van der Waals surface area (Å²) in [5.41, 5.74) is 4.02. The number of hydrogen-bond donors (Lipinski definition) is 0. The minimum Gasteiger partial charge on any atom is -0.289 e. The summed E-state index contributed by atoms with van der Waals surface area (Å²) in [6, 6.07) is 6.05. The Bertz CT molecular complexity index is 606. The average Bonchev–Trinajstić information content (AvgIpc) is 2.57. The molecule has 16 heavy (non-hydrogen) atoms. The molecule has 1 aromatic carbocycles. The van der Waals surface area contributed by atoms with Crippen molar-refractivity contribution in [1.29, 1.82) is 0 Å². The van der Waals surface area contributed by atoms with Crippen LogP contribution in [0.1, 0.15) is 11.1 Å². The maximum Gasteiger partial charge on any atom is 0.187 e. The zero-order chi connectivity index (χ0) is 11.3. The molecule has 0 radical (unpaired) electrons. The summed E-state index contributed by atoms with van der Waals surface area (Å²) in [5, 5.41) is 0. The fourth-order valence-corrected chi connectivity index (χ4v) is 2.81. The van der Waals surface area contributed by atoms with E-state index in [0.29, 0.717) is 0 Å². The van der Waals surface area contributed by atoms with Crippen LogP contribution in [0.15, 0.2) is 44.9 Å². The first kappa shape index (κ1) is 10.2. The summed E-state index contributed by atoms with van der Waals surface area (Å²) >= 11 is 6.81. The molecule has 3 rings (SSSR count). The number of benzene rings is 1. The molecule has 0 heterocycles. The Hall–Kier alpha value is -0.930. The van der Waals surface area contributed by atoms with Gasteiger partial charge in [-0.05, 0) is 41.0 Å². The van der Waals surface area contributed by atoms with Gasteiger partial charge in [-0.2, -0.15) is 0 Å². The van der Waals surface area contributed by atoms with E-state index in [4.69, 9.17) is 0 Å². The van der Waals surface area contributed by atoms with Gasteiger partial charge >= 0.3 is 0 Å². The topological polar surface area (TPSA) is 17.1 Å². The van der Waals surface area contributed by atoms with E-state index in [9.17, 15) is 4.79 Å². The molecular formula is C13H6Br2O. The van der Waals surface area contributed by atoms with E-state index in [1.165, 1.54) is 0 Å². The van der Waals surface area contributed by atoms with Crippen LogP contribution in [0.5, 0.6) is 0 Å². The Kier molecular flexibility index (Phi) is 2.26. The third-order valence-corrected chi connectivity index (χ3v) is 3.66. The van der Waals surface area contributed by atoms with Crippen LogP contribution in [0.2, 0.25) is 0 Å². The molecule has 78 valence electrons. The van der Waals surface area contributed by atoms with Gasteiger partial charge in [0.05, 0.1) is 0 Å². The lowest BCUT2D eigenvalue weighted by atomic mass is 9.96. The standard InChI is InChI=1S/C13H6Br2O/c14-8-2-1-7-3-12-11(10(7)4-8)5-9(15)6-13(12)16/h1-6H. The zero-order valence-electron chi connectivity index (χ0n) is 8.13. The molecule has 0 N–H and O–H groups in total. The first-order valence-corrected chi connectivity index (χ1v) is 6.39. The highest BCUT2D eigenvalue weighted by Crippen LogP contribution is 2.40. The van der Waals surface area contributed by atoms with Gasteiger partial charge in [0.25, 0.3) is 0 Å². The zero-order valence-corrected chi connectivity index (χ0v) is 11.3. The fraction of sp³-hybridized carbons (Fsp3) is 0. The maximum atomic E-state index is 11.8. The molecule has 0 atom stereocenters. The lowest BCUT2D eigenvalue weighted by Gasteiger charge is -2.09. The number of carbonyl (C=O) groups excluding carboxylic acids is 1. The highest BCUT2D eigenvalue weighted by molar-refractivity contribution is 9.12. The smallest absolute Gasteiger partial charge is 0.187 e. The maximum absolute atomic E-state index is 11.8. The molecule has 2 aliphatic carbocycles. The normalized spacial score (nSPS) is 17.4. The second kappa shape index (κ2) is 3.54. The number of fused-ring (bicyclic) bond motifs is 3. The summed E-state index contributed by atoms with van der Waals surface area (Å²) in [5.74, 6) is 0.0664. The molecule has 1 aromatic rings. The average molecular weight is 338 g/mol.